The molecule has 1 aromatic rings. The summed E-state index contributed by atoms with van der Waals surface area (Å²) in [5, 5.41) is 26.7. The molecule has 16 atom stereocenters. The summed E-state index contributed by atoms with van der Waals surface area (Å²) >= 11 is 0. The van der Waals surface area contributed by atoms with Gasteiger partial charge in [0.15, 0.2) is 5.78 Å². The largest absolute Gasteiger partial charge is 0.460 e. The Balaban J connectivity index is 1.18. The number of cyclic esters (lactones) is 1. The molecule has 0 aromatic carbocycles. The van der Waals surface area contributed by atoms with Gasteiger partial charge in [-0.3, -0.25) is 19.3 Å². The van der Waals surface area contributed by atoms with Crippen molar-refractivity contribution in [2.24, 2.45) is 35.5 Å². The van der Waals surface area contributed by atoms with Crippen LogP contribution in [0.4, 0.5) is 10.7 Å². The maximum absolute atomic E-state index is 14.9. The molecule has 0 spiro atoms. The number of Topliss-reactive ketones (excluding diaryl/α,β-unsaturated/α-hetero) is 2. The number of ketones is 2. The number of hydrogen-bond acceptors (Lipinski definition) is 19. The third-order valence-electron chi connectivity index (χ3n) is 18.7. The van der Waals surface area contributed by atoms with E-state index in [1.807, 2.05) is 78.0 Å². The maximum Gasteiger partial charge on any atom is 0.407 e. The van der Waals surface area contributed by atoms with Gasteiger partial charge in [-0.15, -0.1) is 0 Å². The predicted octanol–water partition coefficient (Wildman–Crippen LogP) is 7.51. The number of carbonyl (C=O) groups excluding carboxylic acids is 5. The Bertz CT molecular complexity index is 2490. The minimum atomic E-state index is -2.44. The summed E-state index contributed by atoms with van der Waals surface area (Å²) in [6, 6.07) is -1.12. The molecule has 87 heavy (non-hydrogen) atoms. The third kappa shape index (κ3) is 20.0. The van der Waals surface area contributed by atoms with E-state index >= 15 is 0 Å². The van der Waals surface area contributed by atoms with E-state index in [0.29, 0.717) is 82.3 Å². The molecule has 3 N–H and O–H groups in total. The van der Waals surface area contributed by atoms with Crippen LogP contribution in [0.3, 0.4) is 0 Å². The number of rotatable bonds is 15. The van der Waals surface area contributed by atoms with E-state index in [2.05, 4.69) is 25.1 Å². The van der Waals surface area contributed by atoms with Crippen LogP contribution < -0.4 is 10.2 Å². The Morgan fingerprint density at radius 2 is 1.54 bits per heavy atom. The van der Waals surface area contributed by atoms with Gasteiger partial charge in [0.05, 0.1) is 31.0 Å². The van der Waals surface area contributed by atoms with Gasteiger partial charge in [-0.1, -0.05) is 71.1 Å². The van der Waals surface area contributed by atoms with Crippen LogP contribution in [0, 0.1) is 35.5 Å². The molecule has 2 amide bonds. The Morgan fingerprint density at radius 1 is 0.816 bits per heavy atom. The van der Waals surface area contributed by atoms with Crippen LogP contribution in [0.5, 0.6) is 0 Å². The van der Waals surface area contributed by atoms with E-state index < -0.39 is 96.2 Å². The van der Waals surface area contributed by atoms with Crippen LogP contribution in [0.15, 0.2) is 60.0 Å². The van der Waals surface area contributed by atoms with Crippen LogP contribution >= 0.6 is 0 Å². The number of methoxy groups -OCH3 is 4. The highest BCUT2D eigenvalue weighted by Gasteiger charge is 2.53. The number of nitrogens with one attached hydrogen (secondary N) is 1. The molecule has 2 bridgehead atoms. The highest BCUT2D eigenvalue weighted by atomic mass is 16.6. The van der Waals surface area contributed by atoms with Gasteiger partial charge in [-0.05, 0) is 114 Å². The molecule has 6 rings (SSSR count). The van der Waals surface area contributed by atoms with Gasteiger partial charge in [0.2, 0.25) is 11.7 Å². The third-order valence-corrected chi connectivity index (χ3v) is 18.7. The standard InChI is InChI=1S/C66H104N6O15/c1-13-84-32-31-70-27-29-71(30-28-70)64-67-39-50(40-68-64)41-69-65(78)86-53-25-23-49(36-57(53)82-11)35-45(5)56-38-55(81-10)44(4)34-47(7)59(74)60(83-12)58(73)46(6)33-42(2)19-15-14-16-20-43(3)54(80-9)37-51-24-22-48(8)66(79,87-51)61(75)62(76)72-26-18-17-21-52(72)63(77)85-56/h14-16,19-20,34,39-40,42,44-46,48-49,51-57,59-60,74,79H,13,17-18,21-33,35-38,41H2,1-12H3,(H,69,78)/b16-14+,19-15+,43-20+,47-34+/t42-,44-,45-,46-,48-,49+,51+,52+,53-,54+,55-,56+,57-,59-,60+,66-/m1/s1. The first-order valence-corrected chi connectivity index (χ1v) is 31.9. The fourth-order valence-electron chi connectivity index (χ4n) is 13.1. The SMILES string of the molecule is CCOCCN1CCN(c2ncc(CNC(=O)O[C@@H]3CC[C@@H](C[C@@H](C)[C@@H]4C[C@@H](OC)[C@H](C)/C=C(\C)[C@@H](O)[C@@H](OC)C(=O)[C@H](C)C[C@H](C)/C=C/C=C/C=C(\C)[C@@H](OC)C[C@@H]5CC[C@@H](C)[C@@](O)(O5)C(=O)C(=O)N5CCCC[C@H]5C(=O)O4)C[C@H]3OC)cn2)CC1. The molecule has 1 saturated carbocycles. The van der Waals surface area contributed by atoms with E-state index in [4.69, 9.17) is 37.9 Å². The number of nitrogens with zero attached hydrogens (tertiary/aromatic N) is 5. The second-order valence-electron chi connectivity index (χ2n) is 25.1. The second kappa shape index (κ2) is 34.9. The number of alkyl carbamates (subject to hydrolysis) is 1. The van der Waals surface area contributed by atoms with Crippen molar-refractivity contribution in [3.8, 4) is 0 Å². The van der Waals surface area contributed by atoms with Crippen molar-refractivity contribution in [3.05, 3.63) is 65.6 Å². The topological polar surface area (TPSA) is 247 Å². The molecule has 0 radical (unpaired) electrons. The molecule has 1 aliphatic carbocycles. The Labute approximate surface area is 517 Å². The number of aromatic nitrogens is 2. The normalized spacial score (nSPS) is 35.2. The lowest BCUT2D eigenvalue weighted by atomic mass is 9.78. The Kier molecular flexibility index (Phi) is 28.5. The fourth-order valence-corrected chi connectivity index (χ4v) is 13.1. The number of anilines is 1. The molecule has 4 aliphatic heterocycles. The Hall–Kier alpha value is -4.97. The zero-order valence-corrected chi connectivity index (χ0v) is 54.1. The predicted molar refractivity (Wildman–Crippen MR) is 329 cm³/mol. The number of allylic oxidation sites excluding steroid dienone is 5. The van der Waals surface area contributed by atoms with Crippen LogP contribution in [0.2, 0.25) is 0 Å². The van der Waals surface area contributed by atoms with Gasteiger partial charge in [0.1, 0.15) is 30.5 Å². The number of carbonyl (C=O) groups is 5. The van der Waals surface area contributed by atoms with Crippen molar-refractivity contribution in [2.45, 2.75) is 200 Å². The van der Waals surface area contributed by atoms with E-state index in [0.717, 1.165) is 50.5 Å². The number of piperazine rings is 1. The molecule has 1 aromatic heterocycles. The van der Waals surface area contributed by atoms with Crippen LogP contribution in [0.25, 0.3) is 0 Å². The van der Waals surface area contributed by atoms with E-state index in [1.165, 1.54) is 12.0 Å². The van der Waals surface area contributed by atoms with Crippen molar-refractivity contribution < 1.29 is 72.1 Å². The lowest BCUT2D eigenvalue weighted by Gasteiger charge is -2.43. The van der Waals surface area contributed by atoms with E-state index in [1.54, 1.807) is 47.6 Å². The second-order valence-corrected chi connectivity index (χ2v) is 25.1. The number of aliphatic hydroxyl groups excluding tert-OH is 1. The first-order chi connectivity index (χ1) is 41.6. The molecule has 5 heterocycles. The van der Waals surface area contributed by atoms with Gasteiger partial charge in [0, 0.05) is 129 Å². The van der Waals surface area contributed by atoms with Gasteiger partial charge in [-0.25, -0.2) is 19.6 Å². The van der Waals surface area contributed by atoms with Crippen LogP contribution in [0.1, 0.15) is 138 Å². The van der Waals surface area contributed by atoms with Crippen molar-refractivity contribution in [1.82, 2.24) is 25.1 Å². The van der Waals surface area contributed by atoms with Gasteiger partial charge >= 0.3 is 12.1 Å². The summed E-state index contributed by atoms with van der Waals surface area (Å²) in [5.74, 6) is -6.51. The quantitative estimate of drug-likeness (QED) is 0.0665. The van der Waals surface area contributed by atoms with Gasteiger partial charge in [-0.2, -0.15) is 0 Å². The summed E-state index contributed by atoms with van der Waals surface area (Å²) in [5.41, 5.74) is 2.13. The average Bonchev–Trinajstić information content (AvgIpc) is 1.10. The van der Waals surface area contributed by atoms with Crippen LogP contribution in [-0.2, 0) is 63.6 Å². The number of amides is 2. The molecule has 488 valence electrons. The Morgan fingerprint density at radius 3 is 2.22 bits per heavy atom. The van der Waals surface area contributed by atoms with Crippen LogP contribution in [-0.4, -0.2) is 201 Å². The summed E-state index contributed by atoms with van der Waals surface area (Å²) in [4.78, 5) is 86.1. The van der Waals surface area contributed by atoms with Crippen molar-refractivity contribution in [3.63, 3.8) is 0 Å². The number of aliphatic hydroxyl groups is 2. The minimum Gasteiger partial charge on any atom is -0.460 e. The molecule has 4 fully saturated rings. The molecular formula is C66H104N6O15. The fraction of sp³-hybridized carbons (Fsp3) is 0.742. The molecule has 21 nitrogen and oxygen atoms in total. The number of ether oxygens (including phenoxy) is 8. The van der Waals surface area contributed by atoms with Gasteiger partial charge in [0.25, 0.3) is 11.7 Å². The zero-order chi connectivity index (χ0) is 63.4. The van der Waals surface area contributed by atoms with Crippen molar-refractivity contribution in [1.29, 1.82) is 0 Å². The monoisotopic (exact) mass is 1220 g/mol. The zero-order valence-electron chi connectivity index (χ0n) is 54.1. The summed E-state index contributed by atoms with van der Waals surface area (Å²) in [6.07, 6.45) is 14.4. The number of esters is 1. The summed E-state index contributed by atoms with van der Waals surface area (Å²) < 4.78 is 48.1. The first-order valence-electron chi connectivity index (χ1n) is 31.9. The number of fused-ring (bicyclic) bond motifs is 3. The highest BCUT2D eigenvalue weighted by molar-refractivity contribution is 6.39. The van der Waals surface area contributed by atoms with E-state index in [-0.39, 0.29) is 55.4 Å². The summed E-state index contributed by atoms with van der Waals surface area (Å²) in [6.45, 7) is 21.2. The van der Waals surface area contributed by atoms with E-state index in [9.17, 15) is 34.2 Å². The minimum absolute atomic E-state index is 0.0229. The number of hydrogen-bond donors (Lipinski definition) is 3. The summed E-state index contributed by atoms with van der Waals surface area (Å²) in [7, 11) is 6.19. The molecule has 5 aliphatic rings. The molecule has 3 saturated heterocycles. The lowest BCUT2D eigenvalue weighted by Crippen LogP contribution is -2.61. The molecular weight excluding hydrogens is 1120 g/mol. The smallest absolute Gasteiger partial charge is 0.407 e. The van der Waals surface area contributed by atoms with Gasteiger partial charge < -0.3 is 63.2 Å². The first kappa shape index (κ1) is 71.1. The lowest BCUT2D eigenvalue weighted by molar-refractivity contribution is -0.265. The van der Waals surface area contributed by atoms with Crippen molar-refractivity contribution in [2.75, 3.05) is 85.8 Å². The highest BCUT2D eigenvalue weighted by Crippen LogP contribution is 2.39. The maximum atomic E-state index is 14.9. The average molecular weight is 1220 g/mol. The molecule has 0 unspecified atom stereocenters. The van der Waals surface area contributed by atoms with Crippen molar-refractivity contribution >= 4 is 35.5 Å². The molecule has 21 heteroatoms. The number of piperidine rings is 1.